The van der Waals surface area contributed by atoms with Crippen molar-refractivity contribution in [2.24, 2.45) is 0 Å². The summed E-state index contributed by atoms with van der Waals surface area (Å²) in [7, 11) is 0. The van der Waals surface area contributed by atoms with Crippen LogP contribution in [0.5, 0.6) is 0 Å². The Labute approximate surface area is 99.3 Å². The van der Waals surface area contributed by atoms with E-state index in [0.29, 0.717) is 12.2 Å². The number of rotatable bonds is 3. The fraction of sp³-hybridized carbons (Fsp3) is 0.0769. The second kappa shape index (κ2) is 4.99. The molecule has 17 heavy (non-hydrogen) atoms. The molecule has 0 saturated carbocycles. The number of carbonyl (C=O) groups is 1. The number of hydrogen-bond donors (Lipinski definition) is 1. The van der Waals surface area contributed by atoms with Gasteiger partial charge in [0.25, 0.3) is 5.91 Å². The highest BCUT2D eigenvalue weighted by molar-refractivity contribution is 6.03. The molecule has 4 heteroatoms. The van der Waals surface area contributed by atoms with Crippen LogP contribution < -0.4 is 5.32 Å². The van der Waals surface area contributed by atoms with Crippen LogP contribution in [0.4, 0.5) is 5.69 Å². The quantitative estimate of drug-likeness (QED) is 0.805. The molecule has 1 amide bonds. The zero-order valence-corrected chi connectivity index (χ0v) is 9.13. The third kappa shape index (κ3) is 2.95. The van der Waals surface area contributed by atoms with E-state index in [9.17, 15) is 4.79 Å². The van der Waals surface area contributed by atoms with Gasteiger partial charge in [-0.05, 0) is 23.6 Å². The number of benzene rings is 1. The predicted octanol–water partition coefficient (Wildman–Crippen LogP) is 1.50. The van der Waals surface area contributed by atoms with Gasteiger partial charge in [-0.15, -0.1) is 6.42 Å². The van der Waals surface area contributed by atoms with E-state index in [1.54, 1.807) is 18.6 Å². The average Bonchev–Trinajstić information content (AvgIpc) is 2.82. The molecular formula is C13H11N3O. The van der Waals surface area contributed by atoms with E-state index in [1.165, 1.54) is 0 Å². The van der Waals surface area contributed by atoms with Crippen molar-refractivity contribution in [1.82, 2.24) is 9.55 Å². The molecule has 0 unspecified atom stereocenters. The maximum Gasteiger partial charge on any atom is 0.300 e. The third-order valence-electron chi connectivity index (χ3n) is 2.24. The van der Waals surface area contributed by atoms with Crippen LogP contribution in [0.3, 0.4) is 0 Å². The molecule has 1 heterocycles. The number of amides is 1. The summed E-state index contributed by atoms with van der Waals surface area (Å²) in [4.78, 5) is 15.0. The Morgan fingerprint density at radius 1 is 1.53 bits per heavy atom. The summed E-state index contributed by atoms with van der Waals surface area (Å²) in [5, 5.41) is 2.61. The normalized spacial score (nSPS) is 9.59. The molecule has 0 atom stereocenters. The van der Waals surface area contributed by atoms with Crippen molar-refractivity contribution < 1.29 is 4.79 Å². The van der Waals surface area contributed by atoms with E-state index in [-0.39, 0.29) is 0 Å². The second-order valence-electron chi connectivity index (χ2n) is 3.53. The molecular weight excluding hydrogens is 214 g/mol. The predicted molar refractivity (Wildman–Crippen MR) is 65.2 cm³/mol. The number of imidazole rings is 1. The van der Waals surface area contributed by atoms with Gasteiger partial charge in [-0.3, -0.25) is 4.79 Å². The topological polar surface area (TPSA) is 46.9 Å². The molecule has 2 rings (SSSR count). The van der Waals surface area contributed by atoms with Gasteiger partial charge in [0.1, 0.15) is 0 Å². The lowest BCUT2D eigenvalue weighted by Crippen LogP contribution is -2.08. The van der Waals surface area contributed by atoms with Crippen molar-refractivity contribution in [3.05, 3.63) is 48.5 Å². The van der Waals surface area contributed by atoms with Crippen LogP contribution in [0.1, 0.15) is 5.56 Å². The van der Waals surface area contributed by atoms with E-state index < -0.39 is 5.91 Å². The van der Waals surface area contributed by atoms with Gasteiger partial charge in [0.15, 0.2) is 0 Å². The molecule has 1 aromatic heterocycles. The van der Waals surface area contributed by atoms with Crippen LogP contribution >= 0.6 is 0 Å². The first-order chi connectivity index (χ1) is 8.28. The molecule has 1 N–H and O–H groups in total. The number of hydrogen-bond acceptors (Lipinski definition) is 2. The molecule has 0 spiro atoms. The van der Waals surface area contributed by atoms with Crippen LogP contribution in [0.2, 0.25) is 0 Å². The minimum atomic E-state index is -0.440. The van der Waals surface area contributed by atoms with Crippen LogP contribution in [0, 0.1) is 12.3 Å². The van der Waals surface area contributed by atoms with Gasteiger partial charge in [0, 0.05) is 24.6 Å². The summed E-state index contributed by atoms with van der Waals surface area (Å²) in [5.41, 5.74) is 1.77. The first kappa shape index (κ1) is 11.0. The molecule has 4 nitrogen and oxygen atoms in total. The maximum absolute atomic E-state index is 11.0. The largest absolute Gasteiger partial charge is 0.333 e. The fourth-order valence-electron chi connectivity index (χ4n) is 1.51. The number of anilines is 1. The van der Waals surface area contributed by atoms with Crippen molar-refractivity contribution in [2.45, 2.75) is 6.54 Å². The number of carbonyl (C=O) groups excluding carboxylic acids is 1. The summed E-state index contributed by atoms with van der Waals surface area (Å²) in [6.45, 7) is 0.708. The minimum Gasteiger partial charge on any atom is -0.333 e. The highest BCUT2D eigenvalue weighted by Gasteiger charge is 1.99. The highest BCUT2D eigenvalue weighted by Crippen LogP contribution is 2.11. The highest BCUT2D eigenvalue weighted by atomic mass is 16.1. The Bertz CT molecular complexity index is 552. The Kier molecular flexibility index (Phi) is 3.22. The molecule has 0 aliphatic rings. The first-order valence-corrected chi connectivity index (χ1v) is 5.10. The van der Waals surface area contributed by atoms with E-state index in [2.05, 4.69) is 10.3 Å². The number of nitrogens with one attached hydrogen (secondary N) is 1. The average molecular weight is 225 g/mol. The zero-order valence-electron chi connectivity index (χ0n) is 9.13. The summed E-state index contributed by atoms with van der Waals surface area (Å²) in [6, 6.07) is 7.53. The summed E-state index contributed by atoms with van der Waals surface area (Å²) in [5.74, 6) is 1.57. The van der Waals surface area contributed by atoms with Gasteiger partial charge in [-0.25, -0.2) is 4.98 Å². The Hall–Kier alpha value is -2.54. The van der Waals surface area contributed by atoms with E-state index >= 15 is 0 Å². The first-order valence-electron chi connectivity index (χ1n) is 5.10. The van der Waals surface area contributed by atoms with Crippen molar-refractivity contribution in [1.29, 1.82) is 0 Å². The molecule has 0 aliphatic heterocycles. The SMILES string of the molecule is C#CC(=O)Nc1cccc(Cn2ccnc2)c1. The summed E-state index contributed by atoms with van der Waals surface area (Å²) >= 11 is 0. The monoisotopic (exact) mass is 225 g/mol. The molecule has 84 valence electrons. The third-order valence-corrected chi connectivity index (χ3v) is 2.24. The van der Waals surface area contributed by atoms with Crippen LogP contribution in [0.25, 0.3) is 0 Å². The van der Waals surface area contributed by atoms with Crippen molar-refractivity contribution in [3.8, 4) is 12.3 Å². The van der Waals surface area contributed by atoms with Gasteiger partial charge in [0.05, 0.1) is 6.33 Å². The van der Waals surface area contributed by atoms with Crippen molar-refractivity contribution >= 4 is 11.6 Å². The van der Waals surface area contributed by atoms with Gasteiger partial charge in [-0.1, -0.05) is 12.1 Å². The standard InChI is InChI=1S/C13H11N3O/c1-2-13(17)15-12-5-3-4-11(8-12)9-16-7-6-14-10-16/h1,3-8,10H,9H2,(H,15,17). The van der Waals surface area contributed by atoms with Crippen molar-refractivity contribution in [3.63, 3.8) is 0 Å². The minimum absolute atomic E-state index is 0.440. The fourth-order valence-corrected chi connectivity index (χ4v) is 1.51. The van der Waals surface area contributed by atoms with Gasteiger partial charge in [0.2, 0.25) is 0 Å². The molecule has 0 bridgehead atoms. The van der Waals surface area contributed by atoms with E-state index in [4.69, 9.17) is 6.42 Å². The molecule has 0 fully saturated rings. The Balaban J connectivity index is 2.12. The lowest BCUT2D eigenvalue weighted by Gasteiger charge is -2.05. The lowest BCUT2D eigenvalue weighted by atomic mass is 10.2. The smallest absolute Gasteiger partial charge is 0.300 e. The van der Waals surface area contributed by atoms with Crippen LogP contribution in [-0.2, 0) is 11.3 Å². The Morgan fingerprint density at radius 2 is 2.41 bits per heavy atom. The number of nitrogens with zero attached hydrogens (tertiary/aromatic N) is 2. The number of terminal acetylenes is 1. The molecule has 0 saturated heterocycles. The van der Waals surface area contributed by atoms with Gasteiger partial charge in [-0.2, -0.15) is 0 Å². The van der Waals surface area contributed by atoms with E-state index in [0.717, 1.165) is 5.56 Å². The lowest BCUT2D eigenvalue weighted by molar-refractivity contribution is -0.111. The maximum atomic E-state index is 11.0. The van der Waals surface area contributed by atoms with Gasteiger partial charge < -0.3 is 9.88 Å². The summed E-state index contributed by atoms with van der Waals surface area (Å²) < 4.78 is 1.95. The number of aromatic nitrogens is 2. The van der Waals surface area contributed by atoms with Crippen molar-refractivity contribution in [2.75, 3.05) is 5.32 Å². The zero-order chi connectivity index (χ0) is 12.1. The second-order valence-corrected chi connectivity index (χ2v) is 3.53. The molecule has 2 aromatic rings. The van der Waals surface area contributed by atoms with E-state index in [1.807, 2.05) is 34.9 Å². The molecule has 0 radical (unpaired) electrons. The summed E-state index contributed by atoms with van der Waals surface area (Å²) in [6.07, 6.45) is 10.3. The molecule has 1 aromatic carbocycles. The molecule has 0 aliphatic carbocycles. The van der Waals surface area contributed by atoms with Crippen LogP contribution in [-0.4, -0.2) is 15.5 Å². The Morgan fingerprint density at radius 3 is 3.12 bits per heavy atom. The van der Waals surface area contributed by atoms with Crippen LogP contribution in [0.15, 0.2) is 43.0 Å². The van der Waals surface area contributed by atoms with Gasteiger partial charge >= 0.3 is 0 Å².